The Morgan fingerprint density at radius 1 is 1.44 bits per heavy atom. The van der Waals surface area contributed by atoms with Gasteiger partial charge in [-0.2, -0.15) is 13.2 Å². The predicted octanol–water partition coefficient (Wildman–Crippen LogP) is -0.364. The van der Waals surface area contributed by atoms with Crippen molar-refractivity contribution in [1.82, 2.24) is 10.2 Å². The minimum atomic E-state index is -4.53. The Labute approximate surface area is 88.6 Å². The molecule has 0 aromatic rings. The maximum atomic E-state index is 11.8. The maximum Gasteiger partial charge on any atom is 0.406 e. The number of aliphatic hydroxyl groups excluding tert-OH is 1. The van der Waals surface area contributed by atoms with Crippen LogP contribution in [0.4, 0.5) is 18.0 Å². The molecule has 0 fully saturated rings. The standard InChI is InChI=1S/C7H11F3N2O4/c1-12(3-7(8,9)10)6(16)11-2-4(13)5(14)15/h4,13H,2-3H2,1H3,(H,11,16)(H,14,15). The topological polar surface area (TPSA) is 89.9 Å². The van der Waals surface area contributed by atoms with E-state index in [0.717, 1.165) is 7.05 Å². The van der Waals surface area contributed by atoms with Crippen molar-refractivity contribution in [2.75, 3.05) is 20.1 Å². The minimum Gasteiger partial charge on any atom is -0.479 e. The zero-order valence-corrected chi connectivity index (χ0v) is 8.28. The van der Waals surface area contributed by atoms with Crippen molar-refractivity contribution in [3.63, 3.8) is 0 Å². The third kappa shape index (κ3) is 6.06. The van der Waals surface area contributed by atoms with Gasteiger partial charge in [0.2, 0.25) is 0 Å². The van der Waals surface area contributed by atoms with Crippen LogP contribution < -0.4 is 5.32 Å². The lowest BCUT2D eigenvalue weighted by atomic mass is 10.3. The first-order valence-corrected chi connectivity index (χ1v) is 4.10. The number of alkyl halides is 3. The molecule has 0 heterocycles. The number of carboxylic acid groups (broad SMARTS) is 1. The van der Waals surface area contributed by atoms with Gasteiger partial charge in [0.1, 0.15) is 6.54 Å². The normalized spacial score (nSPS) is 13.1. The third-order valence-corrected chi connectivity index (χ3v) is 1.49. The monoisotopic (exact) mass is 244 g/mol. The molecule has 0 saturated carbocycles. The highest BCUT2D eigenvalue weighted by atomic mass is 19.4. The van der Waals surface area contributed by atoms with E-state index >= 15 is 0 Å². The van der Waals surface area contributed by atoms with Crippen molar-refractivity contribution < 1.29 is 33.0 Å². The molecule has 9 heteroatoms. The number of aliphatic hydroxyl groups is 1. The second-order valence-electron chi connectivity index (χ2n) is 3.01. The summed E-state index contributed by atoms with van der Waals surface area (Å²) in [6, 6.07) is -1.11. The number of amides is 2. The molecule has 0 bridgehead atoms. The number of carboxylic acids is 1. The first-order valence-electron chi connectivity index (χ1n) is 4.10. The van der Waals surface area contributed by atoms with E-state index in [-0.39, 0.29) is 0 Å². The number of hydrogen-bond acceptors (Lipinski definition) is 3. The molecule has 2 amide bonds. The third-order valence-electron chi connectivity index (χ3n) is 1.49. The van der Waals surface area contributed by atoms with Crippen molar-refractivity contribution in [2.24, 2.45) is 0 Å². The largest absolute Gasteiger partial charge is 0.479 e. The predicted molar refractivity (Wildman–Crippen MR) is 45.7 cm³/mol. The second-order valence-corrected chi connectivity index (χ2v) is 3.01. The van der Waals surface area contributed by atoms with E-state index in [1.807, 2.05) is 5.32 Å². The molecule has 16 heavy (non-hydrogen) atoms. The molecule has 0 spiro atoms. The highest BCUT2D eigenvalue weighted by Gasteiger charge is 2.31. The molecular weight excluding hydrogens is 233 g/mol. The van der Waals surface area contributed by atoms with E-state index in [1.54, 1.807) is 0 Å². The molecule has 0 aromatic heterocycles. The van der Waals surface area contributed by atoms with Crippen molar-refractivity contribution in [3.05, 3.63) is 0 Å². The zero-order valence-electron chi connectivity index (χ0n) is 8.28. The van der Waals surface area contributed by atoms with Crippen LogP contribution in [-0.2, 0) is 4.79 Å². The molecule has 0 rings (SSSR count). The van der Waals surface area contributed by atoms with Gasteiger partial charge in [-0.25, -0.2) is 9.59 Å². The summed E-state index contributed by atoms with van der Waals surface area (Å²) >= 11 is 0. The van der Waals surface area contributed by atoms with Crippen molar-refractivity contribution in [3.8, 4) is 0 Å². The summed E-state index contributed by atoms with van der Waals surface area (Å²) in [5, 5.41) is 18.8. The summed E-state index contributed by atoms with van der Waals surface area (Å²) in [6.45, 7) is -2.11. The highest BCUT2D eigenvalue weighted by Crippen LogP contribution is 2.15. The molecular formula is C7H11F3N2O4. The lowest BCUT2D eigenvalue weighted by molar-refractivity contribution is -0.146. The number of carbonyl (C=O) groups excluding carboxylic acids is 1. The number of nitrogens with zero attached hydrogens (tertiary/aromatic N) is 1. The maximum absolute atomic E-state index is 11.8. The van der Waals surface area contributed by atoms with Crippen LogP contribution in [0.15, 0.2) is 0 Å². The zero-order chi connectivity index (χ0) is 12.9. The van der Waals surface area contributed by atoms with Crippen LogP contribution in [0.25, 0.3) is 0 Å². The number of nitrogens with one attached hydrogen (secondary N) is 1. The van der Waals surface area contributed by atoms with Crippen LogP contribution in [0.3, 0.4) is 0 Å². The molecule has 1 unspecified atom stereocenters. The average molecular weight is 244 g/mol. The summed E-state index contributed by atoms with van der Waals surface area (Å²) < 4.78 is 35.5. The Kier molecular flexibility index (Phi) is 5.02. The number of hydrogen-bond donors (Lipinski definition) is 3. The number of urea groups is 1. The van der Waals surface area contributed by atoms with Crippen molar-refractivity contribution >= 4 is 12.0 Å². The molecule has 0 saturated heterocycles. The van der Waals surface area contributed by atoms with Gasteiger partial charge in [0.25, 0.3) is 0 Å². The fourth-order valence-corrected chi connectivity index (χ4v) is 0.747. The van der Waals surface area contributed by atoms with Crippen LogP contribution in [0, 0.1) is 0 Å². The molecule has 0 radical (unpaired) electrons. The van der Waals surface area contributed by atoms with Crippen LogP contribution in [0.1, 0.15) is 0 Å². The number of halogens is 3. The van der Waals surface area contributed by atoms with Gasteiger partial charge in [0, 0.05) is 7.05 Å². The van der Waals surface area contributed by atoms with Crippen LogP contribution in [0.2, 0.25) is 0 Å². The molecule has 0 aromatic carbocycles. The van der Waals surface area contributed by atoms with E-state index in [1.165, 1.54) is 0 Å². The Balaban J connectivity index is 4.02. The molecule has 1 atom stereocenters. The lowest BCUT2D eigenvalue weighted by Crippen LogP contribution is -2.45. The van der Waals surface area contributed by atoms with Gasteiger partial charge < -0.3 is 20.4 Å². The Hall–Kier alpha value is -1.51. The number of carbonyl (C=O) groups is 2. The fourth-order valence-electron chi connectivity index (χ4n) is 0.747. The van der Waals surface area contributed by atoms with Gasteiger partial charge in [-0.15, -0.1) is 0 Å². The van der Waals surface area contributed by atoms with Gasteiger partial charge in [0.15, 0.2) is 6.10 Å². The molecule has 3 N–H and O–H groups in total. The first kappa shape index (κ1) is 14.5. The number of aliphatic carboxylic acids is 1. The highest BCUT2D eigenvalue weighted by molar-refractivity contribution is 5.76. The summed E-state index contributed by atoms with van der Waals surface area (Å²) in [7, 11) is 0.899. The van der Waals surface area contributed by atoms with Gasteiger partial charge in [-0.1, -0.05) is 0 Å². The second kappa shape index (κ2) is 5.54. The van der Waals surface area contributed by atoms with Gasteiger partial charge in [-0.05, 0) is 0 Å². The van der Waals surface area contributed by atoms with Crippen LogP contribution >= 0.6 is 0 Å². The van der Waals surface area contributed by atoms with E-state index in [9.17, 15) is 22.8 Å². The number of rotatable bonds is 4. The van der Waals surface area contributed by atoms with Gasteiger partial charge in [-0.3, -0.25) is 0 Å². The Morgan fingerprint density at radius 2 is 1.94 bits per heavy atom. The van der Waals surface area contributed by atoms with Crippen molar-refractivity contribution in [2.45, 2.75) is 12.3 Å². The molecule has 0 aliphatic heterocycles. The summed E-state index contributed by atoms with van der Waals surface area (Å²) in [5.41, 5.74) is 0. The molecule has 0 aliphatic rings. The van der Waals surface area contributed by atoms with E-state index in [4.69, 9.17) is 10.2 Å². The van der Waals surface area contributed by atoms with Crippen LogP contribution in [0.5, 0.6) is 0 Å². The first-order chi connectivity index (χ1) is 7.13. The van der Waals surface area contributed by atoms with E-state index in [0.29, 0.717) is 4.90 Å². The summed E-state index contributed by atoms with van der Waals surface area (Å²) in [4.78, 5) is 21.4. The summed E-state index contributed by atoms with van der Waals surface area (Å²) in [5.74, 6) is -1.57. The van der Waals surface area contributed by atoms with Crippen LogP contribution in [-0.4, -0.2) is 59.5 Å². The smallest absolute Gasteiger partial charge is 0.406 e. The molecule has 6 nitrogen and oxygen atoms in total. The average Bonchev–Trinajstić information content (AvgIpc) is 2.10. The van der Waals surface area contributed by atoms with Gasteiger partial charge >= 0.3 is 18.2 Å². The van der Waals surface area contributed by atoms with E-state index < -0.39 is 37.4 Å². The quantitative estimate of drug-likeness (QED) is 0.629. The minimum absolute atomic E-state index is 0.328. The summed E-state index contributed by atoms with van der Waals surface area (Å²) in [6.07, 6.45) is -6.37. The SMILES string of the molecule is CN(CC(F)(F)F)C(=O)NCC(O)C(=O)O. The fraction of sp³-hybridized carbons (Fsp3) is 0.714. The van der Waals surface area contributed by atoms with Crippen molar-refractivity contribution in [1.29, 1.82) is 0 Å². The lowest BCUT2D eigenvalue weighted by Gasteiger charge is -2.19. The molecule has 94 valence electrons. The Bertz CT molecular complexity index is 269. The molecule has 0 aliphatic carbocycles. The Morgan fingerprint density at radius 3 is 2.31 bits per heavy atom. The van der Waals surface area contributed by atoms with Gasteiger partial charge in [0.05, 0.1) is 6.54 Å². The van der Waals surface area contributed by atoms with E-state index in [2.05, 4.69) is 0 Å².